The summed E-state index contributed by atoms with van der Waals surface area (Å²) in [6.45, 7) is 9.32. The smallest absolute Gasteiger partial charge is 0.0465 e. The van der Waals surface area contributed by atoms with E-state index in [1.807, 2.05) is 12.1 Å². The molecule has 2 aliphatic carbocycles. The van der Waals surface area contributed by atoms with Crippen LogP contribution in [0, 0.1) is 0 Å². The number of nitrogens with zero attached hydrogens (tertiary/aromatic N) is 1. The van der Waals surface area contributed by atoms with Gasteiger partial charge in [-0.1, -0.05) is 311 Å². The Morgan fingerprint density at radius 2 is 0.516 bits per heavy atom. The van der Waals surface area contributed by atoms with Crippen molar-refractivity contribution in [3.63, 3.8) is 0 Å². The van der Waals surface area contributed by atoms with Crippen LogP contribution >= 0.6 is 15.9 Å². The molecule has 448 valence electrons. The average molecular weight is 1260 g/mol. The molecule has 0 saturated carbocycles. The number of halogens is 1. The molecule has 14 aromatic rings. The van der Waals surface area contributed by atoms with Gasteiger partial charge in [-0.3, -0.25) is 0 Å². The maximum absolute atomic E-state index is 3.58. The number of anilines is 5. The van der Waals surface area contributed by atoms with E-state index in [2.05, 4.69) is 394 Å². The lowest BCUT2D eigenvalue weighted by atomic mass is 9.82. The van der Waals surface area contributed by atoms with Crippen LogP contribution in [0.4, 0.5) is 28.4 Å². The fraction of sp³-hybridized carbons (Fsp3) is 0.0667. The molecule has 2 nitrogen and oxygen atoms in total. The second kappa shape index (κ2) is 26.2. The fourth-order valence-electron chi connectivity index (χ4n) is 13.5. The van der Waals surface area contributed by atoms with E-state index in [9.17, 15) is 0 Å². The zero-order valence-electron chi connectivity index (χ0n) is 52.8. The highest BCUT2D eigenvalue weighted by Crippen LogP contribution is 2.52. The van der Waals surface area contributed by atoms with Crippen LogP contribution in [-0.2, 0) is 10.8 Å². The predicted octanol–water partition coefficient (Wildman–Crippen LogP) is 25.7. The zero-order valence-corrected chi connectivity index (χ0v) is 54.4. The van der Waals surface area contributed by atoms with Crippen LogP contribution in [0.3, 0.4) is 0 Å². The summed E-state index contributed by atoms with van der Waals surface area (Å²) in [5.74, 6) is 0. The van der Waals surface area contributed by atoms with Gasteiger partial charge in [0.2, 0.25) is 0 Å². The summed E-state index contributed by atoms with van der Waals surface area (Å²) in [7, 11) is 0. The van der Waals surface area contributed by atoms with Crippen LogP contribution in [0.25, 0.3) is 89.0 Å². The number of hydrogen-bond donors (Lipinski definition) is 1. The molecule has 0 saturated heterocycles. The molecule has 0 aliphatic heterocycles. The highest BCUT2D eigenvalue weighted by Gasteiger charge is 2.37. The Morgan fingerprint density at radius 3 is 0.946 bits per heavy atom. The molecule has 0 fully saturated rings. The molecule has 0 radical (unpaired) electrons. The molecule has 93 heavy (non-hydrogen) atoms. The van der Waals surface area contributed by atoms with Gasteiger partial charge in [0.25, 0.3) is 0 Å². The first-order chi connectivity index (χ1) is 45.5. The number of fused-ring (bicyclic) bond motifs is 6. The standard InChI is InChI=1S/C45H35N.C27H23N.C18H13Br/c1-45(2)43-19-10-9-18-41(43)42-29-28-40(31-44(42)45)46(38-24-20-34(21-25-38)32-12-5-3-6-13-32)39-26-22-35(23-27-39)37-17-11-16-36(30-37)33-14-7-4-8-15-33;1-27(2)25-11-7-6-10-23(25)24-17-16-22(18-26(24)27)28-21-14-12-20(13-15-21)19-8-4-3-5-9-19;19-18-11-9-15(10-12-18)17-8-4-7-16(13-17)14-5-2-1-3-6-14/h3-31H,1-2H3;3-18,28H,1-2H3;1-13H. The van der Waals surface area contributed by atoms with Gasteiger partial charge in [0.05, 0.1) is 0 Å². The lowest BCUT2D eigenvalue weighted by Crippen LogP contribution is -2.16. The summed E-state index contributed by atoms with van der Waals surface area (Å²) in [5.41, 5.74) is 31.3. The van der Waals surface area contributed by atoms with Gasteiger partial charge in [-0.25, -0.2) is 0 Å². The van der Waals surface area contributed by atoms with Crippen molar-refractivity contribution in [2.75, 3.05) is 10.2 Å². The van der Waals surface area contributed by atoms with E-state index >= 15 is 0 Å². The maximum atomic E-state index is 3.58. The van der Waals surface area contributed by atoms with E-state index < -0.39 is 0 Å². The SMILES string of the molecule is Brc1ccc(-c2cccc(-c3ccccc3)c2)cc1.CC1(C)c2ccccc2-c2ccc(N(c3ccc(-c4ccccc4)cc3)c3ccc(-c4cccc(-c5ccccc5)c4)cc3)cc21.CC1(C)c2ccccc2-c2ccc(Nc3ccc(-c4ccccc4)cc3)cc21. The van der Waals surface area contributed by atoms with E-state index in [4.69, 9.17) is 0 Å². The Morgan fingerprint density at radius 1 is 0.226 bits per heavy atom. The van der Waals surface area contributed by atoms with E-state index in [1.54, 1.807) is 0 Å². The minimum atomic E-state index is -0.0710. The summed E-state index contributed by atoms with van der Waals surface area (Å²) in [6, 6.07) is 126. The van der Waals surface area contributed by atoms with Crippen LogP contribution in [0.15, 0.2) is 356 Å². The predicted molar refractivity (Wildman–Crippen MR) is 399 cm³/mol. The van der Waals surface area contributed by atoms with Gasteiger partial charge in [0.1, 0.15) is 0 Å². The van der Waals surface area contributed by atoms with Gasteiger partial charge in [-0.05, 0) is 196 Å². The minimum absolute atomic E-state index is 0.0286. The van der Waals surface area contributed by atoms with Crippen molar-refractivity contribution in [3.05, 3.63) is 379 Å². The first-order valence-electron chi connectivity index (χ1n) is 32.1. The lowest BCUT2D eigenvalue weighted by Gasteiger charge is -2.28. The second-order valence-electron chi connectivity index (χ2n) is 25.1. The molecule has 2 aliphatic rings. The number of hydrogen-bond acceptors (Lipinski definition) is 2. The average Bonchev–Trinajstić information content (AvgIpc) is 1.60. The van der Waals surface area contributed by atoms with Gasteiger partial charge in [-0.2, -0.15) is 0 Å². The number of nitrogens with one attached hydrogen (secondary N) is 1. The second-order valence-corrected chi connectivity index (χ2v) is 26.0. The molecule has 14 aromatic carbocycles. The van der Waals surface area contributed by atoms with Gasteiger partial charge in [0, 0.05) is 43.7 Å². The Hall–Kier alpha value is -10.8. The number of benzene rings is 14. The van der Waals surface area contributed by atoms with Crippen LogP contribution in [0.2, 0.25) is 0 Å². The fourth-order valence-corrected chi connectivity index (χ4v) is 13.8. The highest BCUT2D eigenvalue weighted by atomic mass is 79.9. The van der Waals surface area contributed by atoms with Crippen LogP contribution in [0.1, 0.15) is 49.9 Å². The van der Waals surface area contributed by atoms with Crippen LogP contribution in [0.5, 0.6) is 0 Å². The summed E-state index contributed by atoms with van der Waals surface area (Å²) >= 11 is 3.47. The third kappa shape index (κ3) is 12.6. The van der Waals surface area contributed by atoms with E-state index in [-0.39, 0.29) is 10.8 Å². The highest BCUT2D eigenvalue weighted by molar-refractivity contribution is 9.10. The summed E-state index contributed by atoms with van der Waals surface area (Å²) in [6.07, 6.45) is 0. The Labute approximate surface area is 557 Å². The van der Waals surface area contributed by atoms with Gasteiger partial charge in [-0.15, -0.1) is 0 Å². The molecular weight excluding hydrogens is 1190 g/mol. The summed E-state index contributed by atoms with van der Waals surface area (Å²) in [5, 5.41) is 3.58. The van der Waals surface area contributed by atoms with Crippen molar-refractivity contribution in [1.29, 1.82) is 0 Å². The first-order valence-corrected chi connectivity index (χ1v) is 32.9. The number of rotatable bonds is 11. The lowest BCUT2D eigenvalue weighted by molar-refractivity contribution is 0.660. The molecule has 3 heteroatoms. The Balaban J connectivity index is 0.000000135. The minimum Gasteiger partial charge on any atom is -0.356 e. The zero-order chi connectivity index (χ0) is 63.3. The third-order valence-corrected chi connectivity index (χ3v) is 19.0. The van der Waals surface area contributed by atoms with Gasteiger partial charge < -0.3 is 10.2 Å². The van der Waals surface area contributed by atoms with Crippen LogP contribution in [-0.4, -0.2) is 0 Å². The van der Waals surface area contributed by atoms with Gasteiger partial charge in [0.15, 0.2) is 0 Å². The molecule has 0 bridgehead atoms. The van der Waals surface area contributed by atoms with Crippen LogP contribution < -0.4 is 10.2 Å². The Bertz CT molecular complexity index is 4880. The molecule has 0 atom stereocenters. The van der Waals surface area contributed by atoms with E-state index in [1.165, 1.54) is 111 Å². The van der Waals surface area contributed by atoms with Crippen molar-refractivity contribution in [3.8, 4) is 89.0 Å². The molecule has 16 rings (SSSR count). The third-order valence-electron chi connectivity index (χ3n) is 18.5. The summed E-state index contributed by atoms with van der Waals surface area (Å²) in [4.78, 5) is 2.39. The quantitative estimate of drug-likeness (QED) is 0.139. The largest absolute Gasteiger partial charge is 0.356 e. The molecule has 0 heterocycles. The molecule has 0 aromatic heterocycles. The summed E-state index contributed by atoms with van der Waals surface area (Å²) < 4.78 is 1.11. The maximum Gasteiger partial charge on any atom is 0.0465 e. The van der Waals surface area contributed by atoms with Crippen molar-refractivity contribution in [2.45, 2.75) is 38.5 Å². The normalized spacial score (nSPS) is 12.5. The monoisotopic (exact) mass is 1260 g/mol. The topological polar surface area (TPSA) is 15.3 Å². The van der Waals surface area contributed by atoms with E-state index in [0.29, 0.717) is 0 Å². The van der Waals surface area contributed by atoms with E-state index in [0.717, 1.165) is 32.9 Å². The molecule has 0 spiro atoms. The molecular formula is C90H71BrN2. The molecule has 0 amide bonds. The van der Waals surface area contributed by atoms with Crippen molar-refractivity contribution < 1.29 is 0 Å². The Kier molecular flexibility index (Phi) is 16.8. The molecule has 1 N–H and O–H groups in total. The van der Waals surface area contributed by atoms with Crippen molar-refractivity contribution in [1.82, 2.24) is 0 Å². The molecule has 0 unspecified atom stereocenters. The van der Waals surface area contributed by atoms with Crippen molar-refractivity contribution in [2.24, 2.45) is 0 Å². The first kappa shape index (κ1) is 59.8. The van der Waals surface area contributed by atoms with Crippen molar-refractivity contribution >= 4 is 44.4 Å². The van der Waals surface area contributed by atoms with Gasteiger partial charge >= 0.3 is 0 Å².